The Morgan fingerprint density at radius 2 is 1.72 bits per heavy atom. The van der Waals surface area contributed by atoms with Crippen molar-refractivity contribution in [1.29, 1.82) is 0 Å². The third-order valence-corrected chi connectivity index (χ3v) is 5.26. The summed E-state index contributed by atoms with van der Waals surface area (Å²) in [5.74, 6) is 0.490. The number of H-pyrrole nitrogens is 1. The number of methoxy groups -OCH3 is 1. The highest BCUT2D eigenvalue weighted by molar-refractivity contribution is 5.98. The summed E-state index contributed by atoms with van der Waals surface area (Å²) in [5.41, 5.74) is 3.07. The predicted molar refractivity (Wildman–Crippen MR) is 123 cm³/mol. The van der Waals surface area contributed by atoms with E-state index in [2.05, 4.69) is 10.3 Å². The zero-order valence-electron chi connectivity index (χ0n) is 17.7. The Bertz CT molecular complexity index is 1200. The lowest BCUT2D eigenvalue weighted by molar-refractivity contribution is -0.108. The SMILES string of the molecule is COc1cc2cc(C(=O)NCC(C=O)c3ccccc3)[nH]c2cc1OCc1ccccc1. The summed E-state index contributed by atoms with van der Waals surface area (Å²) in [6.45, 7) is 0.625. The Hall–Kier alpha value is -4.06. The van der Waals surface area contributed by atoms with Gasteiger partial charge in [-0.2, -0.15) is 0 Å². The fraction of sp³-hybridized carbons (Fsp3) is 0.154. The molecule has 0 saturated heterocycles. The molecule has 32 heavy (non-hydrogen) atoms. The first kappa shape index (κ1) is 21.2. The minimum absolute atomic E-state index is 0.219. The van der Waals surface area contributed by atoms with E-state index in [1.54, 1.807) is 13.2 Å². The van der Waals surface area contributed by atoms with Crippen LogP contribution in [0.1, 0.15) is 27.5 Å². The molecule has 1 unspecified atom stereocenters. The number of carbonyl (C=O) groups excluding carboxylic acids is 2. The molecule has 6 nitrogen and oxygen atoms in total. The third kappa shape index (κ3) is 4.81. The molecule has 0 aliphatic rings. The average molecular weight is 428 g/mol. The van der Waals surface area contributed by atoms with Crippen LogP contribution in [0, 0.1) is 0 Å². The lowest BCUT2D eigenvalue weighted by Gasteiger charge is -2.11. The number of fused-ring (bicyclic) bond motifs is 1. The molecular formula is C26H24N2O4. The number of hydrogen-bond donors (Lipinski definition) is 2. The van der Waals surface area contributed by atoms with Crippen molar-refractivity contribution in [3.63, 3.8) is 0 Å². The van der Waals surface area contributed by atoms with Gasteiger partial charge in [-0.05, 0) is 23.3 Å². The lowest BCUT2D eigenvalue weighted by Crippen LogP contribution is -2.29. The largest absolute Gasteiger partial charge is 0.493 e. The molecule has 1 amide bonds. The monoisotopic (exact) mass is 428 g/mol. The minimum atomic E-state index is -0.400. The van der Waals surface area contributed by atoms with Crippen LogP contribution < -0.4 is 14.8 Å². The summed E-state index contributed by atoms with van der Waals surface area (Å²) < 4.78 is 11.4. The fourth-order valence-electron chi connectivity index (χ4n) is 3.51. The highest BCUT2D eigenvalue weighted by Crippen LogP contribution is 2.33. The normalized spacial score (nSPS) is 11.7. The van der Waals surface area contributed by atoms with Crippen molar-refractivity contribution in [1.82, 2.24) is 10.3 Å². The van der Waals surface area contributed by atoms with Crippen molar-refractivity contribution in [2.75, 3.05) is 13.7 Å². The first-order chi connectivity index (χ1) is 15.7. The summed E-state index contributed by atoms with van der Waals surface area (Å²) >= 11 is 0. The molecule has 6 heteroatoms. The second-order valence-electron chi connectivity index (χ2n) is 7.41. The van der Waals surface area contributed by atoms with E-state index >= 15 is 0 Å². The van der Waals surface area contributed by atoms with Gasteiger partial charge in [0.15, 0.2) is 11.5 Å². The standard InChI is InChI=1S/C26H24N2O4/c1-31-24-13-20-12-23(26(30)27-15-21(16-29)19-10-6-3-7-11-19)28-22(20)14-25(24)32-17-18-8-4-2-5-9-18/h2-14,16,21,28H,15,17H2,1H3,(H,27,30). The van der Waals surface area contributed by atoms with Crippen molar-refractivity contribution in [2.45, 2.75) is 12.5 Å². The van der Waals surface area contributed by atoms with Crippen LogP contribution in [0.3, 0.4) is 0 Å². The molecule has 0 radical (unpaired) electrons. The number of aromatic nitrogens is 1. The van der Waals surface area contributed by atoms with Gasteiger partial charge in [-0.1, -0.05) is 60.7 Å². The van der Waals surface area contributed by atoms with Crippen LogP contribution in [0.4, 0.5) is 0 Å². The van der Waals surface area contributed by atoms with E-state index < -0.39 is 5.92 Å². The number of benzene rings is 3. The van der Waals surface area contributed by atoms with Gasteiger partial charge in [0.1, 0.15) is 18.6 Å². The van der Waals surface area contributed by atoms with Crippen LogP contribution in [0.5, 0.6) is 11.5 Å². The van der Waals surface area contributed by atoms with Crippen molar-refractivity contribution in [2.24, 2.45) is 0 Å². The molecule has 1 heterocycles. The smallest absolute Gasteiger partial charge is 0.267 e. The van der Waals surface area contributed by atoms with E-state index in [0.29, 0.717) is 23.8 Å². The van der Waals surface area contributed by atoms with Gasteiger partial charge in [0.05, 0.1) is 13.0 Å². The summed E-state index contributed by atoms with van der Waals surface area (Å²) in [6, 6.07) is 24.7. The topological polar surface area (TPSA) is 80.4 Å². The van der Waals surface area contributed by atoms with Crippen LogP contribution in [0.15, 0.2) is 78.9 Å². The van der Waals surface area contributed by atoms with Crippen LogP contribution in [0.2, 0.25) is 0 Å². The van der Waals surface area contributed by atoms with Gasteiger partial charge in [-0.25, -0.2) is 0 Å². The Kier molecular flexibility index (Phi) is 6.51. The molecule has 2 N–H and O–H groups in total. The molecule has 1 aromatic heterocycles. The maximum atomic E-state index is 12.7. The number of nitrogens with one attached hydrogen (secondary N) is 2. The van der Waals surface area contributed by atoms with E-state index in [1.807, 2.05) is 72.8 Å². The number of carbonyl (C=O) groups is 2. The molecular weight excluding hydrogens is 404 g/mol. The van der Waals surface area contributed by atoms with Crippen LogP contribution in [-0.4, -0.2) is 30.8 Å². The fourth-order valence-corrected chi connectivity index (χ4v) is 3.51. The first-order valence-electron chi connectivity index (χ1n) is 10.3. The van der Waals surface area contributed by atoms with Gasteiger partial charge in [-0.15, -0.1) is 0 Å². The molecule has 0 aliphatic heterocycles. The quantitative estimate of drug-likeness (QED) is 0.386. The summed E-state index contributed by atoms with van der Waals surface area (Å²) in [6.07, 6.45) is 0.849. The average Bonchev–Trinajstić information content (AvgIpc) is 3.26. The Balaban J connectivity index is 1.48. The van der Waals surface area contributed by atoms with E-state index in [-0.39, 0.29) is 12.5 Å². The molecule has 4 aromatic rings. The van der Waals surface area contributed by atoms with E-state index in [1.165, 1.54) is 0 Å². The van der Waals surface area contributed by atoms with Gasteiger partial charge < -0.3 is 24.6 Å². The molecule has 162 valence electrons. The second kappa shape index (κ2) is 9.83. The highest BCUT2D eigenvalue weighted by atomic mass is 16.5. The number of hydrogen-bond acceptors (Lipinski definition) is 4. The van der Waals surface area contributed by atoms with Gasteiger partial charge in [0, 0.05) is 23.5 Å². The molecule has 0 aliphatic carbocycles. The lowest BCUT2D eigenvalue weighted by atomic mass is 10.0. The van der Waals surface area contributed by atoms with Crippen LogP contribution in [0.25, 0.3) is 10.9 Å². The zero-order chi connectivity index (χ0) is 22.3. The van der Waals surface area contributed by atoms with E-state index in [0.717, 1.165) is 28.3 Å². The van der Waals surface area contributed by atoms with Gasteiger partial charge in [-0.3, -0.25) is 4.79 Å². The van der Waals surface area contributed by atoms with Crippen molar-refractivity contribution in [3.05, 3.63) is 95.7 Å². The maximum Gasteiger partial charge on any atom is 0.267 e. The van der Waals surface area contributed by atoms with Crippen molar-refractivity contribution < 1.29 is 19.1 Å². The molecule has 0 spiro atoms. The number of aromatic amines is 1. The Morgan fingerprint density at radius 3 is 2.41 bits per heavy atom. The van der Waals surface area contributed by atoms with Crippen LogP contribution >= 0.6 is 0 Å². The molecule has 0 saturated carbocycles. The summed E-state index contributed by atoms with van der Waals surface area (Å²) in [5, 5.41) is 3.66. The molecule has 3 aromatic carbocycles. The van der Waals surface area contributed by atoms with Crippen LogP contribution in [-0.2, 0) is 11.4 Å². The van der Waals surface area contributed by atoms with Gasteiger partial charge in [0.25, 0.3) is 5.91 Å². The number of aldehydes is 1. The van der Waals surface area contributed by atoms with E-state index in [4.69, 9.17) is 9.47 Å². The zero-order valence-corrected chi connectivity index (χ0v) is 17.7. The first-order valence-corrected chi connectivity index (χ1v) is 10.3. The van der Waals surface area contributed by atoms with E-state index in [9.17, 15) is 9.59 Å². The molecule has 4 rings (SSSR count). The molecule has 0 fully saturated rings. The molecule has 1 atom stereocenters. The molecule has 0 bridgehead atoms. The number of rotatable bonds is 9. The number of amides is 1. The minimum Gasteiger partial charge on any atom is -0.493 e. The second-order valence-corrected chi connectivity index (χ2v) is 7.41. The van der Waals surface area contributed by atoms with Gasteiger partial charge in [0.2, 0.25) is 0 Å². The van der Waals surface area contributed by atoms with Crippen molar-refractivity contribution in [3.8, 4) is 11.5 Å². The summed E-state index contributed by atoms with van der Waals surface area (Å²) in [7, 11) is 1.58. The van der Waals surface area contributed by atoms with Gasteiger partial charge >= 0.3 is 0 Å². The predicted octanol–water partition coefficient (Wildman–Crippen LogP) is 4.47. The number of ether oxygens (including phenoxy) is 2. The maximum absolute atomic E-state index is 12.7. The Labute approximate surface area is 186 Å². The third-order valence-electron chi connectivity index (χ3n) is 5.26. The Morgan fingerprint density at radius 1 is 1.00 bits per heavy atom. The highest BCUT2D eigenvalue weighted by Gasteiger charge is 2.16. The van der Waals surface area contributed by atoms with Crippen molar-refractivity contribution >= 4 is 23.1 Å². The summed E-state index contributed by atoms with van der Waals surface area (Å²) in [4.78, 5) is 27.3.